The minimum Gasteiger partial charge on any atom is -0.455 e. The molecule has 1 unspecified atom stereocenters. The summed E-state index contributed by atoms with van der Waals surface area (Å²) >= 11 is -1.52. The smallest absolute Gasteiger partial charge is 0.261 e. The summed E-state index contributed by atoms with van der Waals surface area (Å²) in [5.41, 5.74) is 3.24. The Balaban J connectivity index is 1.59. The number of fused-ring (bicyclic) bond motifs is 1. The zero-order valence-electron chi connectivity index (χ0n) is 16.1. The molecule has 0 bridgehead atoms. The monoisotopic (exact) mass is 388 g/mol. The summed E-state index contributed by atoms with van der Waals surface area (Å²) in [5, 5.41) is 0. The molecule has 0 spiro atoms. The van der Waals surface area contributed by atoms with Crippen molar-refractivity contribution in [2.24, 2.45) is 0 Å². The van der Waals surface area contributed by atoms with Gasteiger partial charge in [0.2, 0.25) is 0 Å². The first-order valence-corrected chi connectivity index (χ1v) is 10.7. The summed E-state index contributed by atoms with van der Waals surface area (Å²) in [6, 6.07) is 13.7. The van der Waals surface area contributed by atoms with E-state index in [1.807, 2.05) is 36.4 Å². The van der Waals surface area contributed by atoms with E-state index in [9.17, 15) is 4.21 Å². The molecule has 6 heteroatoms. The second-order valence-electron chi connectivity index (χ2n) is 6.78. The summed E-state index contributed by atoms with van der Waals surface area (Å²) in [5.74, 6) is 1.63. The molecule has 0 saturated carbocycles. The number of benzene rings is 2. The van der Waals surface area contributed by atoms with Crippen LogP contribution in [0.15, 0.2) is 42.5 Å². The SMILES string of the molecule is CCCCCOS(=O)Nc1ccc(Oc2cccc3c2N(C)CCC3)cc1. The van der Waals surface area contributed by atoms with Gasteiger partial charge in [-0.15, -0.1) is 0 Å². The lowest BCUT2D eigenvalue weighted by atomic mass is 10.0. The lowest BCUT2D eigenvalue weighted by Gasteiger charge is -2.29. The normalized spacial score (nSPS) is 14.5. The van der Waals surface area contributed by atoms with Crippen LogP contribution in [-0.2, 0) is 21.9 Å². The Kier molecular flexibility index (Phi) is 7.12. The van der Waals surface area contributed by atoms with Gasteiger partial charge in [0.15, 0.2) is 5.75 Å². The third-order valence-corrected chi connectivity index (χ3v) is 5.41. The Bertz CT molecular complexity index is 765. The molecule has 0 amide bonds. The molecule has 2 aromatic carbocycles. The predicted molar refractivity (Wildman–Crippen MR) is 112 cm³/mol. The van der Waals surface area contributed by atoms with Crippen LogP contribution in [0.1, 0.15) is 38.2 Å². The van der Waals surface area contributed by atoms with Crippen LogP contribution in [-0.4, -0.2) is 24.4 Å². The van der Waals surface area contributed by atoms with Gasteiger partial charge < -0.3 is 9.64 Å². The molecule has 1 heterocycles. The summed E-state index contributed by atoms with van der Waals surface area (Å²) in [6.07, 6.45) is 5.38. The largest absolute Gasteiger partial charge is 0.455 e. The van der Waals surface area contributed by atoms with Crippen molar-refractivity contribution in [2.45, 2.75) is 39.0 Å². The van der Waals surface area contributed by atoms with Crippen molar-refractivity contribution in [1.29, 1.82) is 0 Å². The van der Waals surface area contributed by atoms with Crippen molar-refractivity contribution in [3.8, 4) is 11.5 Å². The number of anilines is 2. The second kappa shape index (κ2) is 9.76. The number of nitrogens with zero attached hydrogens (tertiary/aromatic N) is 1. The van der Waals surface area contributed by atoms with E-state index < -0.39 is 11.3 Å². The second-order valence-corrected chi connectivity index (χ2v) is 7.69. The summed E-state index contributed by atoms with van der Waals surface area (Å²) in [7, 11) is 2.10. The van der Waals surface area contributed by atoms with Crippen LogP contribution in [0.25, 0.3) is 0 Å². The lowest BCUT2D eigenvalue weighted by Crippen LogP contribution is -2.25. The molecule has 0 aliphatic carbocycles. The molecular formula is C21H28N2O3S. The van der Waals surface area contributed by atoms with Gasteiger partial charge in [-0.3, -0.25) is 8.91 Å². The highest BCUT2D eigenvalue weighted by atomic mass is 32.2. The highest BCUT2D eigenvalue weighted by molar-refractivity contribution is 7.81. The van der Waals surface area contributed by atoms with E-state index in [-0.39, 0.29) is 0 Å². The Morgan fingerprint density at radius 2 is 1.96 bits per heavy atom. The van der Waals surface area contributed by atoms with Crippen LogP contribution in [0.5, 0.6) is 11.5 Å². The summed E-state index contributed by atoms with van der Waals surface area (Å²) < 4.78 is 26.1. The topological polar surface area (TPSA) is 50.8 Å². The minimum atomic E-state index is -1.52. The fourth-order valence-corrected chi connectivity index (χ4v) is 3.89. The van der Waals surface area contributed by atoms with E-state index in [1.165, 1.54) is 17.7 Å². The van der Waals surface area contributed by atoms with Crippen LogP contribution in [0.2, 0.25) is 0 Å². The number of unbranched alkanes of at least 4 members (excludes halogenated alkanes) is 2. The highest BCUT2D eigenvalue weighted by Gasteiger charge is 2.18. The fraction of sp³-hybridized carbons (Fsp3) is 0.429. The van der Waals surface area contributed by atoms with Gasteiger partial charge in [-0.05, 0) is 55.2 Å². The van der Waals surface area contributed by atoms with Crippen LogP contribution < -0.4 is 14.4 Å². The Hall–Kier alpha value is -2.05. The molecule has 1 N–H and O–H groups in total. The average Bonchev–Trinajstić information content (AvgIpc) is 2.67. The first-order chi connectivity index (χ1) is 13.2. The van der Waals surface area contributed by atoms with Gasteiger partial charge in [0.25, 0.3) is 11.3 Å². The van der Waals surface area contributed by atoms with Crippen molar-refractivity contribution < 1.29 is 13.1 Å². The maximum Gasteiger partial charge on any atom is 0.261 e. The van der Waals surface area contributed by atoms with Gasteiger partial charge in [0.05, 0.1) is 12.3 Å². The average molecular weight is 389 g/mol. The summed E-state index contributed by atoms with van der Waals surface area (Å²) in [4.78, 5) is 2.25. The van der Waals surface area contributed by atoms with Crippen LogP contribution in [0.3, 0.4) is 0 Å². The van der Waals surface area contributed by atoms with Crippen LogP contribution >= 0.6 is 0 Å². The summed E-state index contributed by atoms with van der Waals surface area (Å²) in [6.45, 7) is 3.67. The zero-order valence-corrected chi connectivity index (χ0v) is 16.9. The van der Waals surface area contributed by atoms with Gasteiger partial charge in [0.1, 0.15) is 5.75 Å². The van der Waals surface area contributed by atoms with Gasteiger partial charge in [-0.25, -0.2) is 4.21 Å². The van der Waals surface area contributed by atoms with Gasteiger partial charge in [-0.1, -0.05) is 31.9 Å². The van der Waals surface area contributed by atoms with E-state index in [1.54, 1.807) is 0 Å². The molecule has 3 rings (SSSR count). The van der Waals surface area contributed by atoms with E-state index in [2.05, 4.69) is 29.7 Å². The fourth-order valence-electron chi connectivity index (χ4n) is 3.23. The molecule has 0 radical (unpaired) electrons. The quantitative estimate of drug-likeness (QED) is 0.610. The van der Waals surface area contributed by atoms with E-state index in [0.717, 1.165) is 49.4 Å². The molecule has 0 aromatic heterocycles. The molecule has 1 aliphatic rings. The first-order valence-electron chi connectivity index (χ1n) is 9.60. The maximum absolute atomic E-state index is 11.9. The van der Waals surface area contributed by atoms with Crippen LogP contribution in [0, 0.1) is 0 Å². The first kappa shape index (κ1) is 19.7. The number of hydrogen-bond acceptors (Lipinski definition) is 4. The number of nitrogens with one attached hydrogen (secondary N) is 1. The number of hydrogen-bond donors (Lipinski definition) is 1. The molecule has 27 heavy (non-hydrogen) atoms. The predicted octanol–water partition coefficient (Wildman–Crippen LogP) is 5.06. The molecular weight excluding hydrogens is 360 g/mol. The van der Waals surface area contributed by atoms with Crippen molar-refractivity contribution in [1.82, 2.24) is 0 Å². The molecule has 1 atom stereocenters. The number of aryl methyl sites for hydroxylation is 1. The molecule has 0 fully saturated rings. The van der Waals surface area contributed by atoms with E-state index >= 15 is 0 Å². The number of rotatable bonds is 9. The van der Waals surface area contributed by atoms with Crippen molar-refractivity contribution in [3.05, 3.63) is 48.0 Å². The maximum atomic E-state index is 11.9. The number of ether oxygens (including phenoxy) is 1. The number of para-hydroxylation sites is 1. The molecule has 5 nitrogen and oxygen atoms in total. The van der Waals surface area contributed by atoms with Crippen LogP contribution in [0.4, 0.5) is 11.4 Å². The van der Waals surface area contributed by atoms with E-state index in [4.69, 9.17) is 8.92 Å². The van der Waals surface area contributed by atoms with E-state index in [0.29, 0.717) is 6.61 Å². The third-order valence-electron chi connectivity index (χ3n) is 4.63. The van der Waals surface area contributed by atoms with Gasteiger partial charge >= 0.3 is 0 Å². The molecule has 2 aromatic rings. The highest BCUT2D eigenvalue weighted by Crippen LogP contribution is 2.38. The van der Waals surface area contributed by atoms with Crippen molar-refractivity contribution >= 4 is 22.6 Å². The standard InChI is InChI=1S/C21H28N2O3S/c1-3-4-5-16-25-27(24)22-18-11-13-19(14-12-18)26-20-10-6-8-17-9-7-15-23(2)21(17)20/h6,8,10-14,22H,3-5,7,9,15-16H2,1-2H3. The molecule has 0 saturated heterocycles. The molecule has 1 aliphatic heterocycles. The van der Waals surface area contributed by atoms with Crippen molar-refractivity contribution in [3.63, 3.8) is 0 Å². The third kappa shape index (κ3) is 5.47. The minimum absolute atomic E-state index is 0.501. The molecule has 146 valence electrons. The lowest BCUT2D eigenvalue weighted by molar-refractivity contribution is 0.337. The Morgan fingerprint density at radius 3 is 2.74 bits per heavy atom. The Morgan fingerprint density at radius 1 is 1.15 bits per heavy atom. The Labute approximate surface area is 164 Å². The van der Waals surface area contributed by atoms with Gasteiger partial charge in [-0.2, -0.15) is 0 Å². The zero-order chi connectivity index (χ0) is 19.1. The van der Waals surface area contributed by atoms with Crippen molar-refractivity contribution in [2.75, 3.05) is 29.8 Å². The van der Waals surface area contributed by atoms with Gasteiger partial charge in [0, 0.05) is 19.3 Å².